The van der Waals surface area contributed by atoms with Gasteiger partial charge in [0.15, 0.2) is 0 Å². The molecule has 33 heavy (non-hydrogen) atoms. The van der Waals surface area contributed by atoms with E-state index in [1.54, 1.807) is 33.4 Å². The molecule has 4 aromatic carbocycles. The molecule has 1 aliphatic carbocycles. The van der Waals surface area contributed by atoms with Gasteiger partial charge in [-0.15, -0.1) is 0 Å². The third-order valence-corrected chi connectivity index (χ3v) is 7.01. The fraction of sp³-hybridized carbons (Fsp3) is 0.273. The maximum Gasteiger partial charge on any atom is -0.00105 e. The SMILES string of the molecule is CCc1c(CC)c(CC)c2c(c1CC)Cc1ccccc1-2.c1ccc(-c2ccccc2)cc1. The molecule has 0 saturated heterocycles. The predicted octanol–water partition coefficient (Wildman–Crippen LogP) is 8.86. The minimum Gasteiger partial charge on any atom is -0.0622 e. The molecule has 4 aromatic rings. The van der Waals surface area contributed by atoms with Crippen LogP contribution in [0.5, 0.6) is 0 Å². The first kappa shape index (κ1) is 23.1. The highest BCUT2D eigenvalue weighted by Gasteiger charge is 2.27. The summed E-state index contributed by atoms with van der Waals surface area (Å²) in [6, 6.07) is 29.8. The Morgan fingerprint density at radius 2 is 0.939 bits per heavy atom. The van der Waals surface area contributed by atoms with Gasteiger partial charge in [0.25, 0.3) is 0 Å². The van der Waals surface area contributed by atoms with Gasteiger partial charge in [0.1, 0.15) is 0 Å². The van der Waals surface area contributed by atoms with Crippen LogP contribution in [0.4, 0.5) is 0 Å². The Labute approximate surface area is 200 Å². The van der Waals surface area contributed by atoms with Gasteiger partial charge in [-0.2, -0.15) is 0 Å². The van der Waals surface area contributed by atoms with E-state index >= 15 is 0 Å². The quantitative estimate of drug-likeness (QED) is 0.260. The molecule has 5 rings (SSSR count). The van der Waals surface area contributed by atoms with Gasteiger partial charge >= 0.3 is 0 Å². The third kappa shape index (κ3) is 4.53. The topological polar surface area (TPSA) is 0 Å². The molecule has 0 spiro atoms. The van der Waals surface area contributed by atoms with Gasteiger partial charge in [0.2, 0.25) is 0 Å². The number of rotatable bonds is 5. The van der Waals surface area contributed by atoms with Crippen molar-refractivity contribution in [2.24, 2.45) is 0 Å². The summed E-state index contributed by atoms with van der Waals surface area (Å²) in [6.45, 7) is 9.28. The normalized spacial score (nSPS) is 11.4. The first-order valence-electron chi connectivity index (χ1n) is 12.6. The summed E-state index contributed by atoms with van der Waals surface area (Å²) in [5.41, 5.74) is 15.3. The van der Waals surface area contributed by atoms with E-state index in [0.717, 1.165) is 25.7 Å². The second-order valence-electron chi connectivity index (χ2n) is 8.75. The van der Waals surface area contributed by atoms with Crippen LogP contribution in [0.3, 0.4) is 0 Å². The van der Waals surface area contributed by atoms with Crippen molar-refractivity contribution in [1.82, 2.24) is 0 Å². The van der Waals surface area contributed by atoms with E-state index in [9.17, 15) is 0 Å². The zero-order valence-corrected chi connectivity index (χ0v) is 20.6. The summed E-state index contributed by atoms with van der Waals surface area (Å²) in [6.07, 6.45) is 5.78. The maximum atomic E-state index is 2.32. The maximum absolute atomic E-state index is 2.32. The molecule has 0 amide bonds. The largest absolute Gasteiger partial charge is 0.0622 e. The Balaban J connectivity index is 0.000000183. The fourth-order valence-electron chi connectivity index (χ4n) is 5.59. The zero-order valence-electron chi connectivity index (χ0n) is 20.6. The van der Waals surface area contributed by atoms with Crippen molar-refractivity contribution in [3.8, 4) is 22.3 Å². The lowest BCUT2D eigenvalue weighted by Gasteiger charge is -2.22. The van der Waals surface area contributed by atoms with Crippen LogP contribution in [0.15, 0.2) is 84.9 Å². The van der Waals surface area contributed by atoms with Crippen molar-refractivity contribution in [2.75, 3.05) is 0 Å². The third-order valence-electron chi connectivity index (χ3n) is 7.01. The Hall–Kier alpha value is -3.12. The van der Waals surface area contributed by atoms with Gasteiger partial charge in [0, 0.05) is 0 Å². The molecular formula is C33H36. The molecule has 168 valence electrons. The molecule has 0 unspecified atom stereocenters. The van der Waals surface area contributed by atoms with Gasteiger partial charge in [-0.1, -0.05) is 113 Å². The Bertz CT molecular complexity index is 1160. The molecule has 0 nitrogen and oxygen atoms in total. The predicted molar refractivity (Wildman–Crippen MR) is 144 cm³/mol. The van der Waals surface area contributed by atoms with Crippen LogP contribution in [-0.2, 0) is 32.1 Å². The molecule has 0 fully saturated rings. The van der Waals surface area contributed by atoms with Crippen LogP contribution < -0.4 is 0 Å². The average Bonchev–Trinajstić information content (AvgIpc) is 3.27. The smallest absolute Gasteiger partial charge is 0.00105 e. The zero-order chi connectivity index (χ0) is 23.2. The minimum absolute atomic E-state index is 1.14. The Kier molecular flexibility index (Phi) is 7.45. The molecule has 0 N–H and O–H groups in total. The summed E-state index contributed by atoms with van der Waals surface area (Å²) in [5, 5.41) is 0. The highest BCUT2D eigenvalue weighted by atomic mass is 14.3. The van der Waals surface area contributed by atoms with Gasteiger partial charge in [-0.05, 0) is 87.7 Å². The van der Waals surface area contributed by atoms with Gasteiger partial charge in [0.05, 0.1) is 0 Å². The van der Waals surface area contributed by atoms with Crippen molar-refractivity contribution >= 4 is 0 Å². The second kappa shape index (κ2) is 10.7. The van der Waals surface area contributed by atoms with E-state index in [1.807, 2.05) is 12.1 Å². The molecule has 0 aliphatic heterocycles. The van der Waals surface area contributed by atoms with Crippen LogP contribution >= 0.6 is 0 Å². The summed E-state index contributed by atoms with van der Waals surface area (Å²) in [7, 11) is 0. The van der Waals surface area contributed by atoms with Gasteiger partial charge < -0.3 is 0 Å². The number of benzene rings is 4. The summed E-state index contributed by atoms with van der Waals surface area (Å²) >= 11 is 0. The van der Waals surface area contributed by atoms with Crippen molar-refractivity contribution in [3.63, 3.8) is 0 Å². The molecule has 1 aliphatic rings. The van der Waals surface area contributed by atoms with E-state index < -0.39 is 0 Å². The Morgan fingerprint density at radius 3 is 1.45 bits per heavy atom. The van der Waals surface area contributed by atoms with Gasteiger partial charge in [-0.3, -0.25) is 0 Å². The molecule has 0 heteroatoms. The lowest BCUT2D eigenvalue weighted by atomic mass is 9.82. The van der Waals surface area contributed by atoms with Crippen LogP contribution in [0.1, 0.15) is 61.1 Å². The highest BCUT2D eigenvalue weighted by Crippen LogP contribution is 2.44. The van der Waals surface area contributed by atoms with Crippen molar-refractivity contribution in [3.05, 3.63) is 118 Å². The number of hydrogen-bond acceptors (Lipinski definition) is 0. The standard InChI is InChI=1S/C21H26.C12H10/c1-5-15-16(6-2)18(8-4)21-19-12-10-9-11-14(19)13-20(21)17(15)7-3;1-3-7-11(8-4-1)12-9-5-2-6-10-12/h9-12H,5-8,13H2,1-4H3;1-10H. The van der Waals surface area contributed by atoms with E-state index in [2.05, 4.69) is 100 Å². The minimum atomic E-state index is 1.14. The van der Waals surface area contributed by atoms with Crippen molar-refractivity contribution < 1.29 is 0 Å². The average molecular weight is 433 g/mol. The lowest BCUT2D eigenvalue weighted by Crippen LogP contribution is -2.07. The van der Waals surface area contributed by atoms with Crippen LogP contribution in [0, 0.1) is 0 Å². The number of fused-ring (bicyclic) bond motifs is 3. The van der Waals surface area contributed by atoms with E-state index in [-0.39, 0.29) is 0 Å². The summed E-state index contributed by atoms with van der Waals surface area (Å²) < 4.78 is 0. The van der Waals surface area contributed by atoms with Gasteiger partial charge in [-0.25, -0.2) is 0 Å². The monoisotopic (exact) mass is 432 g/mol. The van der Waals surface area contributed by atoms with Crippen LogP contribution in [-0.4, -0.2) is 0 Å². The molecular weight excluding hydrogens is 396 g/mol. The van der Waals surface area contributed by atoms with Crippen LogP contribution in [0.25, 0.3) is 22.3 Å². The molecule has 0 bridgehead atoms. The summed E-state index contributed by atoms with van der Waals surface area (Å²) in [4.78, 5) is 0. The second-order valence-corrected chi connectivity index (χ2v) is 8.75. The van der Waals surface area contributed by atoms with Crippen molar-refractivity contribution in [1.29, 1.82) is 0 Å². The first-order valence-corrected chi connectivity index (χ1v) is 12.6. The molecule has 0 saturated carbocycles. The van der Waals surface area contributed by atoms with Crippen molar-refractivity contribution in [2.45, 2.75) is 59.8 Å². The molecule has 0 radical (unpaired) electrons. The first-order chi connectivity index (χ1) is 16.2. The lowest BCUT2D eigenvalue weighted by molar-refractivity contribution is 0.932. The molecule has 0 aromatic heterocycles. The highest BCUT2D eigenvalue weighted by molar-refractivity contribution is 5.82. The summed E-state index contributed by atoms with van der Waals surface area (Å²) in [5.74, 6) is 0. The Morgan fingerprint density at radius 1 is 0.485 bits per heavy atom. The molecule has 0 atom stereocenters. The molecule has 0 heterocycles. The fourth-order valence-corrected chi connectivity index (χ4v) is 5.59. The van der Waals surface area contributed by atoms with Crippen LogP contribution in [0.2, 0.25) is 0 Å². The number of hydrogen-bond donors (Lipinski definition) is 0. The van der Waals surface area contributed by atoms with E-state index in [1.165, 1.54) is 28.7 Å². The van der Waals surface area contributed by atoms with E-state index in [0.29, 0.717) is 0 Å². The van der Waals surface area contributed by atoms with E-state index in [4.69, 9.17) is 0 Å².